The first kappa shape index (κ1) is 19.2. The Bertz CT molecular complexity index is 691. The van der Waals surface area contributed by atoms with Gasteiger partial charge in [-0.1, -0.05) is 31.4 Å². The Kier molecular flexibility index (Phi) is 4.80. The molecule has 5 heteroatoms. The molecule has 5 atom stereocenters. The number of ether oxygens (including phenoxy) is 1. The Hall–Kier alpha value is -1.62. The Morgan fingerprint density at radius 3 is 2.54 bits per heavy atom. The summed E-state index contributed by atoms with van der Waals surface area (Å²) >= 11 is 0. The molecule has 0 unspecified atom stereocenters. The third kappa shape index (κ3) is 2.72. The van der Waals surface area contributed by atoms with Crippen LogP contribution < -0.4 is 0 Å². The molecule has 3 aliphatic carbocycles. The number of hydrogen-bond donors (Lipinski definition) is 2. The van der Waals surface area contributed by atoms with Gasteiger partial charge in [-0.15, -0.1) is 0 Å². The van der Waals surface area contributed by atoms with Crippen LogP contribution in [0.25, 0.3) is 0 Å². The Morgan fingerprint density at radius 2 is 1.92 bits per heavy atom. The Balaban J connectivity index is 2.08. The SMILES string of the molecule is COC(=O)[C@@]1(C)CCC[C@]2(C)C3=C([C@@H](C)C(=CC(=O)O)CC3)[C@@H](O)C[C@@H]12. The van der Waals surface area contributed by atoms with Gasteiger partial charge >= 0.3 is 11.9 Å². The van der Waals surface area contributed by atoms with E-state index in [1.54, 1.807) is 0 Å². The van der Waals surface area contributed by atoms with Crippen molar-refractivity contribution in [2.45, 2.75) is 65.4 Å². The fourth-order valence-corrected chi connectivity index (χ4v) is 6.14. The maximum Gasteiger partial charge on any atom is 0.328 e. The first-order valence-corrected chi connectivity index (χ1v) is 9.58. The molecule has 3 rings (SSSR count). The second kappa shape index (κ2) is 6.52. The summed E-state index contributed by atoms with van der Waals surface area (Å²) in [5.74, 6) is -1.13. The van der Waals surface area contributed by atoms with Gasteiger partial charge in [0.25, 0.3) is 0 Å². The van der Waals surface area contributed by atoms with Gasteiger partial charge in [-0.3, -0.25) is 4.79 Å². The largest absolute Gasteiger partial charge is 0.478 e. The lowest BCUT2D eigenvalue weighted by Crippen LogP contribution is -2.54. The summed E-state index contributed by atoms with van der Waals surface area (Å²) in [5.41, 5.74) is 2.41. The van der Waals surface area contributed by atoms with Crippen LogP contribution in [0.2, 0.25) is 0 Å². The fourth-order valence-electron chi connectivity index (χ4n) is 6.14. The van der Waals surface area contributed by atoms with Crippen LogP contribution in [-0.2, 0) is 14.3 Å². The van der Waals surface area contributed by atoms with Crippen molar-refractivity contribution >= 4 is 11.9 Å². The van der Waals surface area contributed by atoms with Gasteiger partial charge in [0.15, 0.2) is 0 Å². The van der Waals surface area contributed by atoms with Crippen molar-refractivity contribution in [3.05, 3.63) is 22.8 Å². The Labute approximate surface area is 155 Å². The molecule has 0 radical (unpaired) electrons. The first-order chi connectivity index (χ1) is 12.1. The number of fused-ring (bicyclic) bond motifs is 2. The topological polar surface area (TPSA) is 83.8 Å². The number of carboxylic acid groups (broad SMARTS) is 1. The first-order valence-electron chi connectivity index (χ1n) is 9.58. The van der Waals surface area contributed by atoms with Gasteiger partial charge in [0.1, 0.15) is 0 Å². The number of allylic oxidation sites excluding steroid dienone is 2. The summed E-state index contributed by atoms with van der Waals surface area (Å²) in [5, 5.41) is 20.1. The summed E-state index contributed by atoms with van der Waals surface area (Å²) in [7, 11) is 1.44. The second-order valence-corrected chi connectivity index (χ2v) is 8.70. The lowest BCUT2D eigenvalue weighted by atomic mass is 9.47. The van der Waals surface area contributed by atoms with Crippen molar-refractivity contribution in [2.24, 2.45) is 22.7 Å². The van der Waals surface area contributed by atoms with E-state index < -0.39 is 17.5 Å². The number of hydrogen-bond acceptors (Lipinski definition) is 4. The summed E-state index contributed by atoms with van der Waals surface area (Å²) in [6.45, 7) is 6.22. The van der Waals surface area contributed by atoms with Gasteiger partial charge in [0, 0.05) is 12.0 Å². The van der Waals surface area contributed by atoms with Gasteiger partial charge < -0.3 is 14.9 Å². The minimum absolute atomic E-state index is 0.0437. The molecule has 0 spiro atoms. The van der Waals surface area contributed by atoms with E-state index in [0.717, 1.165) is 36.8 Å². The Morgan fingerprint density at radius 1 is 1.23 bits per heavy atom. The molecule has 5 nitrogen and oxygen atoms in total. The van der Waals surface area contributed by atoms with Crippen LogP contribution in [-0.4, -0.2) is 35.4 Å². The fraction of sp³-hybridized carbons (Fsp3) is 0.714. The van der Waals surface area contributed by atoms with Crippen molar-refractivity contribution < 1.29 is 24.5 Å². The predicted molar refractivity (Wildman–Crippen MR) is 97.3 cm³/mol. The van der Waals surface area contributed by atoms with Crippen molar-refractivity contribution in [3.8, 4) is 0 Å². The summed E-state index contributed by atoms with van der Waals surface area (Å²) in [6.07, 6.45) is 5.42. The lowest BCUT2D eigenvalue weighted by molar-refractivity contribution is -0.164. The average molecular weight is 362 g/mol. The molecule has 1 saturated carbocycles. The quantitative estimate of drug-likeness (QED) is 0.446. The van der Waals surface area contributed by atoms with Gasteiger partial charge in [-0.2, -0.15) is 0 Å². The summed E-state index contributed by atoms with van der Waals surface area (Å²) < 4.78 is 5.13. The molecule has 0 saturated heterocycles. The van der Waals surface area contributed by atoms with E-state index in [1.807, 2.05) is 13.8 Å². The van der Waals surface area contributed by atoms with Crippen LogP contribution in [0.3, 0.4) is 0 Å². The van der Waals surface area contributed by atoms with E-state index in [0.29, 0.717) is 12.8 Å². The van der Waals surface area contributed by atoms with Gasteiger partial charge in [-0.05, 0) is 55.9 Å². The maximum absolute atomic E-state index is 12.6. The third-order valence-electron chi connectivity index (χ3n) is 7.43. The molecule has 2 N–H and O–H groups in total. The maximum atomic E-state index is 12.6. The molecule has 0 aromatic rings. The predicted octanol–water partition coefficient (Wildman–Crippen LogP) is 3.47. The number of carboxylic acids is 1. The smallest absolute Gasteiger partial charge is 0.328 e. The number of rotatable bonds is 2. The van der Waals surface area contributed by atoms with E-state index in [9.17, 15) is 14.7 Å². The van der Waals surface area contributed by atoms with E-state index in [2.05, 4.69) is 6.92 Å². The average Bonchev–Trinajstić information content (AvgIpc) is 2.58. The molecule has 0 aromatic carbocycles. The standard InChI is InChI=1S/C21H30O5/c1-12-13(10-17(23)24)6-7-14-18(12)15(22)11-16-20(14,2)8-5-9-21(16,3)19(25)26-4/h10,12,15-16,22H,5-9,11H2,1-4H3,(H,23,24)/t12-,15-,16+,20+,21-/m0/s1. The highest BCUT2D eigenvalue weighted by molar-refractivity contribution is 5.81. The molecule has 0 amide bonds. The van der Waals surface area contributed by atoms with Crippen LogP contribution in [0.1, 0.15) is 59.3 Å². The molecular weight excluding hydrogens is 332 g/mol. The van der Waals surface area contributed by atoms with Crippen LogP contribution >= 0.6 is 0 Å². The normalized spacial score (nSPS) is 41.4. The van der Waals surface area contributed by atoms with Gasteiger partial charge in [-0.25, -0.2) is 4.79 Å². The van der Waals surface area contributed by atoms with Gasteiger partial charge in [0.05, 0.1) is 18.6 Å². The molecule has 0 aliphatic heterocycles. The minimum Gasteiger partial charge on any atom is -0.478 e. The van der Waals surface area contributed by atoms with E-state index in [4.69, 9.17) is 9.84 Å². The van der Waals surface area contributed by atoms with Crippen molar-refractivity contribution in [1.82, 2.24) is 0 Å². The highest BCUT2D eigenvalue weighted by Gasteiger charge is 2.58. The molecule has 0 aromatic heterocycles. The number of carbonyl (C=O) groups is 2. The second-order valence-electron chi connectivity index (χ2n) is 8.70. The number of aliphatic carboxylic acids is 1. The molecule has 3 aliphatic rings. The highest BCUT2D eigenvalue weighted by Crippen LogP contribution is 2.63. The molecule has 144 valence electrons. The molecule has 0 heterocycles. The third-order valence-corrected chi connectivity index (χ3v) is 7.43. The zero-order valence-electron chi connectivity index (χ0n) is 16.2. The number of carbonyl (C=O) groups excluding carboxylic acids is 1. The van der Waals surface area contributed by atoms with E-state index in [1.165, 1.54) is 18.8 Å². The highest BCUT2D eigenvalue weighted by atomic mass is 16.5. The van der Waals surface area contributed by atoms with Crippen molar-refractivity contribution in [1.29, 1.82) is 0 Å². The zero-order valence-corrected chi connectivity index (χ0v) is 16.2. The summed E-state index contributed by atoms with van der Waals surface area (Å²) in [6, 6.07) is 0. The molecule has 1 fully saturated rings. The molecule has 0 bridgehead atoms. The van der Waals surface area contributed by atoms with E-state index in [-0.39, 0.29) is 23.2 Å². The van der Waals surface area contributed by atoms with Crippen LogP contribution in [0.15, 0.2) is 22.8 Å². The minimum atomic E-state index is -0.929. The van der Waals surface area contributed by atoms with Crippen molar-refractivity contribution in [3.63, 3.8) is 0 Å². The zero-order chi connectivity index (χ0) is 19.3. The van der Waals surface area contributed by atoms with Gasteiger partial charge in [0.2, 0.25) is 0 Å². The molecule has 26 heavy (non-hydrogen) atoms. The monoisotopic (exact) mass is 362 g/mol. The van der Waals surface area contributed by atoms with Crippen molar-refractivity contribution in [2.75, 3.05) is 7.11 Å². The van der Waals surface area contributed by atoms with Crippen LogP contribution in [0.4, 0.5) is 0 Å². The number of esters is 1. The van der Waals surface area contributed by atoms with E-state index >= 15 is 0 Å². The number of methoxy groups -OCH3 is 1. The lowest BCUT2D eigenvalue weighted by Gasteiger charge is -2.57. The van der Waals surface area contributed by atoms with Crippen LogP contribution in [0, 0.1) is 22.7 Å². The summed E-state index contributed by atoms with van der Waals surface area (Å²) in [4.78, 5) is 23.7. The molecular formula is C21H30O5. The van der Waals surface area contributed by atoms with Crippen LogP contribution in [0.5, 0.6) is 0 Å². The number of aliphatic hydroxyl groups is 1. The number of aliphatic hydroxyl groups excluding tert-OH is 1.